The molecule has 11 heteroatoms. The Hall–Kier alpha value is -3.05. The van der Waals surface area contributed by atoms with Crippen LogP contribution in [0.25, 0.3) is 10.9 Å². The standard InChI is InChI=1S/C20H23N5O5S/c1-13-5-7-25(8-6-13)31(28,29)15-3-4-17-16(10-15)20(27)24(12-21-17)11-19(26)22-18-9-14(2)30-23-18/h3-4,9-10,12-13H,5-8,11H2,1-2H3,(H,22,23,26). The number of nitrogens with zero attached hydrogens (tertiary/aromatic N) is 4. The smallest absolute Gasteiger partial charge is 0.261 e. The van der Waals surface area contributed by atoms with Crippen LogP contribution >= 0.6 is 0 Å². The monoisotopic (exact) mass is 445 g/mol. The summed E-state index contributed by atoms with van der Waals surface area (Å²) in [4.78, 5) is 29.4. The molecule has 31 heavy (non-hydrogen) atoms. The van der Waals surface area contributed by atoms with Crippen LogP contribution in [0.2, 0.25) is 0 Å². The zero-order valence-electron chi connectivity index (χ0n) is 17.2. The maximum Gasteiger partial charge on any atom is 0.261 e. The number of carbonyl (C=O) groups excluding carboxylic acids is 1. The van der Waals surface area contributed by atoms with Crippen molar-refractivity contribution in [2.24, 2.45) is 5.92 Å². The molecule has 0 unspecified atom stereocenters. The van der Waals surface area contributed by atoms with Crippen LogP contribution in [-0.2, 0) is 21.4 Å². The summed E-state index contributed by atoms with van der Waals surface area (Å²) in [5.74, 6) is 0.791. The fourth-order valence-corrected chi connectivity index (χ4v) is 5.04. The van der Waals surface area contributed by atoms with Crippen molar-refractivity contribution in [3.63, 3.8) is 0 Å². The molecule has 0 bridgehead atoms. The predicted octanol–water partition coefficient (Wildman–Crippen LogP) is 1.75. The van der Waals surface area contributed by atoms with E-state index in [4.69, 9.17) is 4.52 Å². The van der Waals surface area contributed by atoms with Crippen LogP contribution in [0, 0.1) is 12.8 Å². The molecule has 164 valence electrons. The molecule has 0 radical (unpaired) electrons. The third kappa shape index (κ3) is 4.37. The summed E-state index contributed by atoms with van der Waals surface area (Å²) in [6, 6.07) is 5.87. The molecule has 2 aromatic heterocycles. The Morgan fingerprint density at radius 2 is 2.00 bits per heavy atom. The molecule has 3 aromatic rings. The highest BCUT2D eigenvalue weighted by Gasteiger charge is 2.28. The molecule has 0 saturated carbocycles. The highest BCUT2D eigenvalue weighted by Crippen LogP contribution is 2.24. The van der Waals surface area contributed by atoms with Crippen molar-refractivity contribution < 1.29 is 17.7 Å². The first-order valence-corrected chi connectivity index (χ1v) is 11.4. The van der Waals surface area contributed by atoms with Gasteiger partial charge in [0.25, 0.3) is 5.56 Å². The van der Waals surface area contributed by atoms with Crippen LogP contribution in [0.4, 0.5) is 5.82 Å². The van der Waals surface area contributed by atoms with Gasteiger partial charge in [-0.05, 0) is 43.9 Å². The second-order valence-electron chi connectivity index (χ2n) is 7.81. The maximum atomic E-state index is 13.0. The average molecular weight is 446 g/mol. The molecule has 1 saturated heterocycles. The van der Waals surface area contributed by atoms with Gasteiger partial charge in [0.2, 0.25) is 15.9 Å². The van der Waals surface area contributed by atoms with Crippen molar-refractivity contribution in [1.29, 1.82) is 0 Å². The lowest BCUT2D eigenvalue weighted by Crippen LogP contribution is -2.38. The van der Waals surface area contributed by atoms with E-state index in [1.54, 1.807) is 13.0 Å². The number of hydrogen-bond donors (Lipinski definition) is 1. The Balaban J connectivity index is 1.61. The Bertz CT molecular complexity index is 1290. The Labute approximate surface area is 178 Å². The van der Waals surface area contributed by atoms with Crippen LogP contribution in [-0.4, -0.2) is 46.4 Å². The lowest BCUT2D eigenvalue weighted by molar-refractivity contribution is -0.116. The molecule has 0 spiro atoms. The summed E-state index contributed by atoms with van der Waals surface area (Å²) in [6.07, 6.45) is 2.88. The summed E-state index contributed by atoms with van der Waals surface area (Å²) in [5.41, 5.74) is -0.138. The average Bonchev–Trinajstić information content (AvgIpc) is 3.14. The van der Waals surface area contributed by atoms with E-state index >= 15 is 0 Å². The fraction of sp³-hybridized carbons (Fsp3) is 0.400. The van der Waals surface area contributed by atoms with E-state index in [2.05, 4.69) is 22.4 Å². The Kier molecular flexibility index (Phi) is 5.63. The van der Waals surface area contributed by atoms with Gasteiger partial charge in [0.1, 0.15) is 12.3 Å². The topological polar surface area (TPSA) is 127 Å². The van der Waals surface area contributed by atoms with Gasteiger partial charge in [0.15, 0.2) is 5.82 Å². The van der Waals surface area contributed by atoms with Crippen LogP contribution in [0.5, 0.6) is 0 Å². The van der Waals surface area contributed by atoms with Crippen molar-refractivity contribution in [1.82, 2.24) is 19.0 Å². The largest absolute Gasteiger partial charge is 0.360 e. The van der Waals surface area contributed by atoms with Crippen molar-refractivity contribution >= 4 is 32.7 Å². The fourth-order valence-electron chi connectivity index (χ4n) is 3.55. The van der Waals surface area contributed by atoms with Gasteiger partial charge in [-0.3, -0.25) is 14.2 Å². The molecule has 3 heterocycles. The third-order valence-electron chi connectivity index (χ3n) is 5.39. The quantitative estimate of drug-likeness (QED) is 0.634. The molecule has 0 aliphatic carbocycles. The van der Waals surface area contributed by atoms with Crippen molar-refractivity contribution in [3.8, 4) is 0 Å². The van der Waals surface area contributed by atoms with Gasteiger partial charge < -0.3 is 9.84 Å². The molecule has 0 atom stereocenters. The number of sulfonamides is 1. The van der Waals surface area contributed by atoms with Gasteiger partial charge in [-0.15, -0.1) is 0 Å². The van der Waals surface area contributed by atoms with Crippen LogP contribution < -0.4 is 10.9 Å². The van der Waals surface area contributed by atoms with E-state index in [9.17, 15) is 18.0 Å². The van der Waals surface area contributed by atoms with E-state index < -0.39 is 21.5 Å². The van der Waals surface area contributed by atoms with E-state index in [0.717, 1.165) is 17.4 Å². The highest BCUT2D eigenvalue weighted by atomic mass is 32.2. The minimum Gasteiger partial charge on any atom is -0.360 e. The summed E-state index contributed by atoms with van der Waals surface area (Å²) < 4.78 is 33.5. The molecule has 1 aromatic carbocycles. The summed E-state index contributed by atoms with van der Waals surface area (Å²) in [6.45, 7) is 4.42. The molecular formula is C20H23N5O5S. The number of nitrogens with one attached hydrogen (secondary N) is 1. The van der Waals surface area contributed by atoms with Crippen molar-refractivity contribution in [3.05, 3.63) is 46.7 Å². The molecule has 1 fully saturated rings. The number of aryl methyl sites for hydroxylation is 1. The predicted molar refractivity (Wildman–Crippen MR) is 113 cm³/mol. The first-order valence-electron chi connectivity index (χ1n) is 9.96. The molecular weight excluding hydrogens is 422 g/mol. The van der Waals surface area contributed by atoms with Gasteiger partial charge in [-0.1, -0.05) is 12.1 Å². The summed E-state index contributed by atoms with van der Waals surface area (Å²) in [7, 11) is -3.71. The van der Waals surface area contributed by atoms with Gasteiger partial charge in [0.05, 0.1) is 22.1 Å². The molecule has 1 N–H and O–H groups in total. The summed E-state index contributed by atoms with van der Waals surface area (Å²) >= 11 is 0. The second kappa shape index (κ2) is 8.23. The number of hydrogen-bond acceptors (Lipinski definition) is 7. The Morgan fingerprint density at radius 1 is 1.26 bits per heavy atom. The lowest BCUT2D eigenvalue weighted by Gasteiger charge is -2.29. The SMILES string of the molecule is Cc1cc(NC(=O)Cn2cnc3ccc(S(=O)(=O)N4CCC(C)CC4)cc3c2=O)no1. The molecule has 1 amide bonds. The minimum absolute atomic E-state index is 0.0497. The molecule has 1 aliphatic rings. The second-order valence-corrected chi connectivity index (χ2v) is 9.75. The first-order chi connectivity index (χ1) is 14.7. The Morgan fingerprint density at radius 3 is 2.68 bits per heavy atom. The number of rotatable bonds is 5. The molecule has 1 aliphatic heterocycles. The van der Waals surface area contributed by atoms with Gasteiger partial charge in [0, 0.05) is 19.2 Å². The number of carbonyl (C=O) groups is 1. The number of piperidine rings is 1. The zero-order valence-corrected chi connectivity index (χ0v) is 18.1. The number of anilines is 1. The third-order valence-corrected chi connectivity index (χ3v) is 7.28. The molecule has 10 nitrogen and oxygen atoms in total. The zero-order chi connectivity index (χ0) is 22.2. The van der Waals surface area contributed by atoms with Crippen LogP contribution in [0.1, 0.15) is 25.5 Å². The van der Waals surface area contributed by atoms with E-state index in [0.29, 0.717) is 30.3 Å². The first kappa shape index (κ1) is 21.2. The van der Waals surface area contributed by atoms with Crippen molar-refractivity contribution in [2.45, 2.75) is 38.1 Å². The van der Waals surface area contributed by atoms with E-state index in [1.165, 1.54) is 28.8 Å². The summed E-state index contributed by atoms with van der Waals surface area (Å²) in [5, 5.41) is 6.35. The van der Waals surface area contributed by atoms with Gasteiger partial charge in [-0.2, -0.15) is 4.31 Å². The van der Waals surface area contributed by atoms with Crippen molar-refractivity contribution in [2.75, 3.05) is 18.4 Å². The normalized spacial score (nSPS) is 15.9. The van der Waals surface area contributed by atoms with Gasteiger partial charge in [-0.25, -0.2) is 13.4 Å². The number of aromatic nitrogens is 3. The lowest BCUT2D eigenvalue weighted by atomic mass is 10.0. The molecule has 4 rings (SSSR count). The van der Waals surface area contributed by atoms with Crippen LogP contribution in [0.15, 0.2) is 44.8 Å². The van der Waals surface area contributed by atoms with Gasteiger partial charge >= 0.3 is 0 Å². The number of fused-ring (bicyclic) bond motifs is 1. The highest BCUT2D eigenvalue weighted by molar-refractivity contribution is 7.89. The maximum absolute atomic E-state index is 13.0. The number of amides is 1. The number of benzene rings is 1. The van der Waals surface area contributed by atoms with Crippen LogP contribution in [0.3, 0.4) is 0 Å². The van der Waals surface area contributed by atoms with E-state index in [-0.39, 0.29) is 22.6 Å². The minimum atomic E-state index is -3.71. The van der Waals surface area contributed by atoms with E-state index in [1.807, 2.05) is 0 Å².